The molecule has 4 heteroatoms. The smallest absolute Gasteiger partial charge is 0.123 e. The summed E-state index contributed by atoms with van der Waals surface area (Å²) in [6.45, 7) is 2.13. The van der Waals surface area contributed by atoms with Crippen LogP contribution >= 0.6 is 0 Å². The molecule has 1 saturated carbocycles. The average molecular weight is 356 g/mol. The molecule has 3 nitrogen and oxygen atoms in total. The van der Waals surface area contributed by atoms with E-state index in [2.05, 4.69) is 6.92 Å². The van der Waals surface area contributed by atoms with Gasteiger partial charge < -0.3 is 15.3 Å². The fourth-order valence-electron chi connectivity index (χ4n) is 5.37. The molecule has 138 valence electrons. The third-order valence-electron chi connectivity index (χ3n) is 6.81. The van der Waals surface area contributed by atoms with Crippen molar-refractivity contribution in [3.05, 3.63) is 65.0 Å². The van der Waals surface area contributed by atoms with Crippen molar-refractivity contribution in [2.75, 3.05) is 0 Å². The van der Waals surface area contributed by atoms with Gasteiger partial charge in [0.05, 0.1) is 6.10 Å². The molecule has 2 aromatic carbocycles. The zero-order chi connectivity index (χ0) is 18.5. The minimum atomic E-state index is -1.36. The van der Waals surface area contributed by atoms with Gasteiger partial charge in [0.25, 0.3) is 0 Å². The largest absolute Gasteiger partial charge is 0.508 e. The molecule has 2 aromatic rings. The molecular weight excluding hydrogens is 331 g/mol. The SMILES string of the molecule is CC[C@@]12C[C@H](O)C(O)(c3ccc(F)cc3)C[C@H]1CCc1cc(O)ccc12. The van der Waals surface area contributed by atoms with Crippen LogP contribution in [-0.2, 0) is 17.4 Å². The standard InChI is InChI=1S/C22H25FO3/c1-2-21-13-20(25)22(26,15-5-7-17(23)8-6-15)12-16(21)4-3-14-11-18(24)9-10-19(14)21/h5-11,16,20,24-26H,2-4,12-13H2,1H3/t16-,20+,21-,22?/m1/s1. The highest BCUT2D eigenvalue weighted by molar-refractivity contribution is 5.44. The van der Waals surface area contributed by atoms with Gasteiger partial charge in [-0.05, 0) is 79.0 Å². The molecule has 0 spiro atoms. The second-order valence-corrected chi connectivity index (χ2v) is 7.94. The van der Waals surface area contributed by atoms with Gasteiger partial charge in [-0.1, -0.05) is 25.1 Å². The molecule has 0 bridgehead atoms. The first-order valence-electron chi connectivity index (χ1n) is 9.38. The monoisotopic (exact) mass is 356 g/mol. The Labute approximate surface area is 153 Å². The van der Waals surface area contributed by atoms with Gasteiger partial charge in [0.1, 0.15) is 17.2 Å². The molecule has 0 heterocycles. The van der Waals surface area contributed by atoms with Gasteiger partial charge in [-0.15, -0.1) is 0 Å². The fourth-order valence-corrected chi connectivity index (χ4v) is 5.37. The molecule has 26 heavy (non-hydrogen) atoms. The van der Waals surface area contributed by atoms with E-state index in [4.69, 9.17) is 0 Å². The maximum Gasteiger partial charge on any atom is 0.123 e. The van der Waals surface area contributed by atoms with Crippen molar-refractivity contribution in [2.24, 2.45) is 5.92 Å². The zero-order valence-corrected chi connectivity index (χ0v) is 15.0. The van der Waals surface area contributed by atoms with Crippen molar-refractivity contribution in [3.8, 4) is 5.75 Å². The Hall–Kier alpha value is -1.91. The highest BCUT2D eigenvalue weighted by atomic mass is 19.1. The van der Waals surface area contributed by atoms with Crippen molar-refractivity contribution in [2.45, 2.75) is 56.1 Å². The molecule has 0 saturated heterocycles. The lowest BCUT2D eigenvalue weighted by Crippen LogP contribution is -2.56. The van der Waals surface area contributed by atoms with E-state index in [0.717, 1.165) is 24.8 Å². The molecule has 3 N–H and O–H groups in total. The third kappa shape index (κ3) is 2.47. The number of phenols is 1. The Morgan fingerprint density at radius 1 is 1.12 bits per heavy atom. The van der Waals surface area contributed by atoms with Crippen LogP contribution in [0.4, 0.5) is 4.39 Å². The quantitative estimate of drug-likeness (QED) is 0.767. The van der Waals surface area contributed by atoms with Gasteiger partial charge in [0, 0.05) is 5.41 Å². The highest BCUT2D eigenvalue weighted by Crippen LogP contribution is 2.56. The first kappa shape index (κ1) is 17.5. The molecule has 2 aliphatic carbocycles. The van der Waals surface area contributed by atoms with E-state index in [9.17, 15) is 19.7 Å². The van der Waals surface area contributed by atoms with Crippen molar-refractivity contribution < 1.29 is 19.7 Å². The molecule has 2 aliphatic rings. The number of halogens is 1. The third-order valence-corrected chi connectivity index (χ3v) is 6.81. The van der Waals surface area contributed by atoms with E-state index in [1.54, 1.807) is 18.2 Å². The normalized spacial score (nSPS) is 33.4. The minimum absolute atomic E-state index is 0.201. The van der Waals surface area contributed by atoms with Crippen LogP contribution in [0.15, 0.2) is 42.5 Å². The van der Waals surface area contributed by atoms with Crippen LogP contribution < -0.4 is 0 Å². The molecule has 1 fully saturated rings. The molecule has 0 amide bonds. The second kappa shape index (κ2) is 6.07. The van der Waals surface area contributed by atoms with Gasteiger partial charge >= 0.3 is 0 Å². The van der Waals surface area contributed by atoms with Gasteiger partial charge in [-0.2, -0.15) is 0 Å². The zero-order valence-electron chi connectivity index (χ0n) is 15.0. The van der Waals surface area contributed by atoms with E-state index in [0.29, 0.717) is 18.4 Å². The molecule has 1 unspecified atom stereocenters. The number of aliphatic hydroxyl groups is 2. The summed E-state index contributed by atoms with van der Waals surface area (Å²) in [5, 5.41) is 32.1. The number of rotatable bonds is 2. The lowest BCUT2D eigenvalue weighted by atomic mass is 9.52. The molecule has 0 aromatic heterocycles. The molecular formula is C22H25FO3. The number of fused-ring (bicyclic) bond motifs is 3. The average Bonchev–Trinajstić information content (AvgIpc) is 2.63. The molecule has 0 aliphatic heterocycles. The van der Waals surface area contributed by atoms with Crippen molar-refractivity contribution in [1.29, 1.82) is 0 Å². The summed E-state index contributed by atoms with van der Waals surface area (Å²) in [5.74, 6) is 0.146. The number of hydrogen-bond donors (Lipinski definition) is 3. The summed E-state index contributed by atoms with van der Waals surface area (Å²) in [7, 11) is 0. The van der Waals surface area contributed by atoms with E-state index in [1.807, 2.05) is 12.1 Å². The first-order valence-corrected chi connectivity index (χ1v) is 9.38. The van der Waals surface area contributed by atoms with Crippen LogP contribution in [0.5, 0.6) is 5.75 Å². The van der Waals surface area contributed by atoms with Crippen molar-refractivity contribution >= 4 is 0 Å². The van der Waals surface area contributed by atoms with Crippen LogP contribution in [-0.4, -0.2) is 21.4 Å². The number of aryl methyl sites for hydroxylation is 1. The van der Waals surface area contributed by atoms with Crippen LogP contribution in [0.25, 0.3) is 0 Å². The van der Waals surface area contributed by atoms with E-state index >= 15 is 0 Å². The predicted molar refractivity (Wildman–Crippen MR) is 97.4 cm³/mol. The highest BCUT2D eigenvalue weighted by Gasteiger charge is 2.55. The summed E-state index contributed by atoms with van der Waals surface area (Å²) in [6, 6.07) is 11.3. The van der Waals surface area contributed by atoms with Crippen LogP contribution in [0.3, 0.4) is 0 Å². The lowest BCUT2D eigenvalue weighted by Gasteiger charge is -2.55. The summed E-state index contributed by atoms with van der Waals surface area (Å²) < 4.78 is 13.3. The van der Waals surface area contributed by atoms with Crippen LogP contribution in [0.1, 0.15) is 49.3 Å². The minimum Gasteiger partial charge on any atom is -0.508 e. The number of benzene rings is 2. The van der Waals surface area contributed by atoms with E-state index in [-0.39, 0.29) is 22.9 Å². The topological polar surface area (TPSA) is 60.7 Å². The maximum atomic E-state index is 13.3. The number of phenolic OH excluding ortho intramolecular Hbond substituents is 1. The maximum absolute atomic E-state index is 13.3. The van der Waals surface area contributed by atoms with Crippen molar-refractivity contribution in [1.82, 2.24) is 0 Å². The second-order valence-electron chi connectivity index (χ2n) is 7.94. The summed E-state index contributed by atoms with van der Waals surface area (Å²) in [6.07, 6.45) is 2.61. The van der Waals surface area contributed by atoms with Crippen molar-refractivity contribution in [3.63, 3.8) is 0 Å². The van der Waals surface area contributed by atoms with Crippen LogP contribution in [0, 0.1) is 11.7 Å². The molecule has 4 rings (SSSR count). The number of aliphatic hydroxyl groups excluding tert-OH is 1. The Bertz CT molecular complexity index is 819. The van der Waals surface area contributed by atoms with Gasteiger partial charge in [-0.3, -0.25) is 0 Å². The first-order chi connectivity index (χ1) is 12.4. The van der Waals surface area contributed by atoms with Crippen LogP contribution in [0.2, 0.25) is 0 Å². The van der Waals surface area contributed by atoms with Gasteiger partial charge in [0.15, 0.2) is 0 Å². The molecule has 0 radical (unpaired) electrons. The predicted octanol–water partition coefficient (Wildman–Crippen LogP) is 3.78. The Kier molecular flexibility index (Phi) is 4.08. The Morgan fingerprint density at radius 2 is 1.85 bits per heavy atom. The summed E-state index contributed by atoms with van der Waals surface area (Å²) in [4.78, 5) is 0. The number of aromatic hydroxyl groups is 1. The summed E-state index contributed by atoms with van der Waals surface area (Å²) >= 11 is 0. The molecule has 4 atom stereocenters. The lowest BCUT2D eigenvalue weighted by molar-refractivity contribution is -0.146. The van der Waals surface area contributed by atoms with E-state index in [1.165, 1.54) is 17.7 Å². The van der Waals surface area contributed by atoms with Gasteiger partial charge in [0.2, 0.25) is 0 Å². The summed E-state index contributed by atoms with van der Waals surface area (Å²) in [5.41, 5.74) is 1.35. The Balaban J connectivity index is 1.76. The van der Waals surface area contributed by atoms with E-state index < -0.39 is 11.7 Å². The number of hydrogen-bond acceptors (Lipinski definition) is 3. The fraction of sp³-hybridized carbons (Fsp3) is 0.455. The Morgan fingerprint density at radius 3 is 2.54 bits per heavy atom. The van der Waals surface area contributed by atoms with Gasteiger partial charge in [-0.25, -0.2) is 4.39 Å².